The molecular formula is C13H13BrFN3O. The third-order valence-corrected chi connectivity index (χ3v) is 3.27. The van der Waals surface area contributed by atoms with Gasteiger partial charge in [-0.05, 0) is 40.2 Å². The molecule has 19 heavy (non-hydrogen) atoms. The van der Waals surface area contributed by atoms with Crippen molar-refractivity contribution in [1.82, 2.24) is 15.1 Å². The first kappa shape index (κ1) is 13.7. The summed E-state index contributed by atoms with van der Waals surface area (Å²) < 4.78 is 15.1. The lowest BCUT2D eigenvalue weighted by Gasteiger charge is -2.06. The van der Waals surface area contributed by atoms with E-state index in [9.17, 15) is 9.18 Å². The van der Waals surface area contributed by atoms with E-state index in [-0.39, 0.29) is 11.7 Å². The van der Waals surface area contributed by atoms with Crippen molar-refractivity contribution in [3.8, 4) is 0 Å². The van der Waals surface area contributed by atoms with E-state index in [2.05, 4.69) is 26.3 Å². The first-order valence-corrected chi connectivity index (χ1v) is 6.57. The van der Waals surface area contributed by atoms with Crippen molar-refractivity contribution in [2.24, 2.45) is 7.05 Å². The highest BCUT2D eigenvalue weighted by atomic mass is 79.9. The number of carbonyl (C=O) groups excluding carboxylic acids is 1. The van der Waals surface area contributed by atoms with Gasteiger partial charge >= 0.3 is 0 Å². The van der Waals surface area contributed by atoms with Gasteiger partial charge in [0.15, 0.2) is 0 Å². The standard InChI is InChI=1S/C13H13BrFN3O/c1-18-7-5-10(17-18)4-6-16-13(19)11-3-2-9(15)8-12(11)14/h2-3,5,7-8H,4,6H2,1H3,(H,16,19). The molecule has 0 bridgehead atoms. The number of rotatable bonds is 4. The van der Waals surface area contributed by atoms with Gasteiger partial charge in [0.1, 0.15) is 5.82 Å². The van der Waals surface area contributed by atoms with Crippen LogP contribution >= 0.6 is 15.9 Å². The van der Waals surface area contributed by atoms with Crippen LogP contribution in [0.15, 0.2) is 34.9 Å². The smallest absolute Gasteiger partial charge is 0.252 e. The normalized spacial score (nSPS) is 10.5. The number of carbonyl (C=O) groups is 1. The van der Waals surface area contributed by atoms with E-state index in [1.54, 1.807) is 4.68 Å². The Balaban J connectivity index is 1.90. The molecule has 0 fully saturated rings. The molecule has 2 aromatic rings. The number of aromatic nitrogens is 2. The van der Waals surface area contributed by atoms with Crippen molar-refractivity contribution < 1.29 is 9.18 Å². The molecular weight excluding hydrogens is 313 g/mol. The monoisotopic (exact) mass is 325 g/mol. The average molecular weight is 326 g/mol. The largest absolute Gasteiger partial charge is 0.352 e. The Labute approximate surface area is 118 Å². The number of amides is 1. The summed E-state index contributed by atoms with van der Waals surface area (Å²) in [5.41, 5.74) is 1.34. The predicted octanol–water partition coefficient (Wildman–Crippen LogP) is 2.29. The van der Waals surface area contributed by atoms with Gasteiger partial charge in [0.25, 0.3) is 5.91 Å². The molecule has 0 saturated carbocycles. The van der Waals surface area contributed by atoms with Crippen molar-refractivity contribution >= 4 is 21.8 Å². The number of hydrogen-bond acceptors (Lipinski definition) is 2. The van der Waals surface area contributed by atoms with Crippen molar-refractivity contribution in [1.29, 1.82) is 0 Å². The van der Waals surface area contributed by atoms with Gasteiger partial charge in [-0.2, -0.15) is 5.10 Å². The summed E-state index contributed by atoms with van der Waals surface area (Å²) in [7, 11) is 1.84. The maximum Gasteiger partial charge on any atom is 0.252 e. The molecule has 0 radical (unpaired) electrons. The van der Waals surface area contributed by atoms with Gasteiger partial charge in [-0.3, -0.25) is 9.48 Å². The maximum atomic E-state index is 12.9. The molecule has 4 nitrogen and oxygen atoms in total. The maximum absolute atomic E-state index is 12.9. The quantitative estimate of drug-likeness (QED) is 0.937. The van der Waals surface area contributed by atoms with Crippen molar-refractivity contribution in [2.45, 2.75) is 6.42 Å². The van der Waals surface area contributed by atoms with Gasteiger partial charge in [0, 0.05) is 30.7 Å². The van der Waals surface area contributed by atoms with Crippen LogP contribution in [0.2, 0.25) is 0 Å². The van der Waals surface area contributed by atoms with E-state index >= 15 is 0 Å². The highest BCUT2D eigenvalue weighted by molar-refractivity contribution is 9.10. The molecule has 1 N–H and O–H groups in total. The Morgan fingerprint density at radius 1 is 1.47 bits per heavy atom. The Morgan fingerprint density at radius 2 is 2.26 bits per heavy atom. The number of hydrogen-bond donors (Lipinski definition) is 1. The first-order chi connectivity index (χ1) is 9.06. The predicted molar refractivity (Wildman–Crippen MR) is 73.3 cm³/mol. The number of halogens is 2. The van der Waals surface area contributed by atoms with Gasteiger partial charge in [-0.15, -0.1) is 0 Å². The molecule has 1 aromatic heterocycles. The Bertz CT molecular complexity index is 597. The van der Waals surface area contributed by atoms with E-state index in [4.69, 9.17) is 0 Å². The highest BCUT2D eigenvalue weighted by Crippen LogP contribution is 2.17. The fourth-order valence-electron chi connectivity index (χ4n) is 1.67. The van der Waals surface area contributed by atoms with Gasteiger partial charge in [-0.1, -0.05) is 0 Å². The molecule has 6 heteroatoms. The van der Waals surface area contributed by atoms with Crippen LogP contribution in [-0.4, -0.2) is 22.2 Å². The van der Waals surface area contributed by atoms with E-state index in [1.165, 1.54) is 18.2 Å². The molecule has 2 rings (SSSR count). The lowest BCUT2D eigenvalue weighted by Crippen LogP contribution is -2.26. The third-order valence-electron chi connectivity index (χ3n) is 2.61. The second-order valence-electron chi connectivity index (χ2n) is 4.11. The summed E-state index contributed by atoms with van der Waals surface area (Å²) in [5, 5.41) is 6.99. The highest BCUT2D eigenvalue weighted by Gasteiger charge is 2.10. The zero-order chi connectivity index (χ0) is 13.8. The van der Waals surface area contributed by atoms with E-state index < -0.39 is 0 Å². The van der Waals surface area contributed by atoms with Gasteiger partial charge in [0.2, 0.25) is 0 Å². The molecule has 0 aliphatic rings. The van der Waals surface area contributed by atoms with Crippen LogP contribution in [0.3, 0.4) is 0 Å². The third kappa shape index (κ3) is 3.64. The number of aryl methyl sites for hydroxylation is 1. The lowest BCUT2D eigenvalue weighted by atomic mass is 10.2. The number of nitrogens with zero attached hydrogens (tertiary/aromatic N) is 2. The molecule has 1 heterocycles. The zero-order valence-corrected chi connectivity index (χ0v) is 11.9. The van der Waals surface area contributed by atoms with Gasteiger partial charge in [-0.25, -0.2) is 4.39 Å². The van der Waals surface area contributed by atoms with Crippen molar-refractivity contribution in [2.75, 3.05) is 6.54 Å². The molecule has 0 saturated heterocycles. The van der Waals surface area contributed by atoms with Crippen LogP contribution < -0.4 is 5.32 Å². The van der Waals surface area contributed by atoms with Crippen LogP contribution in [0, 0.1) is 5.82 Å². The number of benzene rings is 1. The van der Waals surface area contributed by atoms with Gasteiger partial charge in [0.05, 0.1) is 11.3 Å². The Hall–Kier alpha value is -1.69. The summed E-state index contributed by atoms with van der Waals surface area (Å²) in [4.78, 5) is 11.9. The second-order valence-corrected chi connectivity index (χ2v) is 4.97. The van der Waals surface area contributed by atoms with Crippen LogP contribution in [0.5, 0.6) is 0 Å². The second kappa shape index (κ2) is 5.97. The Kier molecular flexibility index (Phi) is 4.31. The van der Waals surface area contributed by atoms with Crippen LogP contribution in [0.1, 0.15) is 16.1 Å². The lowest BCUT2D eigenvalue weighted by molar-refractivity contribution is 0.0953. The molecule has 0 aliphatic heterocycles. The summed E-state index contributed by atoms with van der Waals surface area (Å²) >= 11 is 3.17. The minimum Gasteiger partial charge on any atom is -0.352 e. The molecule has 0 atom stereocenters. The average Bonchev–Trinajstić information content (AvgIpc) is 2.75. The summed E-state index contributed by atoms with van der Waals surface area (Å²) in [5.74, 6) is -0.611. The zero-order valence-electron chi connectivity index (χ0n) is 10.4. The SMILES string of the molecule is Cn1ccc(CCNC(=O)c2ccc(F)cc2Br)n1. The summed E-state index contributed by atoms with van der Waals surface area (Å²) in [6, 6.07) is 5.89. The number of nitrogens with one attached hydrogen (secondary N) is 1. The van der Waals surface area contributed by atoms with Crippen LogP contribution in [0.4, 0.5) is 4.39 Å². The molecule has 1 amide bonds. The molecule has 0 aliphatic carbocycles. The van der Waals surface area contributed by atoms with Crippen LogP contribution in [-0.2, 0) is 13.5 Å². The minimum absolute atomic E-state index is 0.234. The van der Waals surface area contributed by atoms with E-state index in [1.807, 2.05) is 19.3 Å². The van der Waals surface area contributed by atoms with Gasteiger partial charge < -0.3 is 5.32 Å². The fraction of sp³-hybridized carbons (Fsp3) is 0.231. The summed E-state index contributed by atoms with van der Waals surface area (Å²) in [6.45, 7) is 0.486. The molecule has 0 unspecified atom stereocenters. The van der Waals surface area contributed by atoms with E-state index in [0.29, 0.717) is 23.0 Å². The summed E-state index contributed by atoms with van der Waals surface area (Å²) in [6.07, 6.45) is 2.51. The molecule has 0 spiro atoms. The topological polar surface area (TPSA) is 46.9 Å². The fourth-order valence-corrected chi connectivity index (χ4v) is 2.20. The minimum atomic E-state index is -0.378. The van der Waals surface area contributed by atoms with Crippen molar-refractivity contribution in [3.63, 3.8) is 0 Å². The molecule has 1 aromatic carbocycles. The van der Waals surface area contributed by atoms with Crippen LogP contribution in [0.25, 0.3) is 0 Å². The Morgan fingerprint density at radius 3 is 2.89 bits per heavy atom. The molecule has 100 valence electrons. The van der Waals surface area contributed by atoms with Crippen molar-refractivity contribution in [3.05, 3.63) is 52.0 Å². The van der Waals surface area contributed by atoms with E-state index in [0.717, 1.165) is 5.69 Å². The first-order valence-electron chi connectivity index (χ1n) is 5.78.